The Kier molecular flexibility index (Phi) is 6.00. The number of nitrogens with zero attached hydrogens (tertiary/aromatic N) is 4. The molecule has 1 atom stereocenters. The molecule has 2 aliphatic rings. The first-order valence-corrected chi connectivity index (χ1v) is 10.6. The smallest absolute Gasteiger partial charge is 0.338 e. The number of hydrogen-bond donors (Lipinski definition) is 0. The standard InChI is InChI=1S/C21H23ClF4N4O/c1-13(30-18(15-4-5-15)17(22)19(27-30)21(24,25)26)20(31)29-10-8-28(9-11-29)12-14-2-6-16(23)7-3-14/h2-3,6-7,13,15H,4-5,8-12H2,1H3. The summed E-state index contributed by atoms with van der Waals surface area (Å²) in [7, 11) is 0. The van der Waals surface area contributed by atoms with Crippen molar-refractivity contribution in [3.63, 3.8) is 0 Å². The highest BCUT2D eigenvalue weighted by molar-refractivity contribution is 6.32. The van der Waals surface area contributed by atoms with Crippen LogP contribution >= 0.6 is 11.6 Å². The number of amides is 1. The number of aromatic nitrogens is 2. The van der Waals surface area contributed by atoms with Gasteiger partial charge in [0, 0.05) is 38.6 Å². The van der Waals surface area contributed by atoms with Gasteiger partial charge in [0.05, 0.1) is 10.7 Å². The van der Waals surface area contributed by atoms with E-state index < -0.39 is 22.9 Å². The molecular formula is C21H23ClF4N4O. The Morgan fingerprint density at radius 3 is 2.32 bits per heavy atom. The number of halogens is 5. The minimum atomic E-state index is -4.67. The van der Waals surface area contributed by atoms with Gasteiger partial charge in [-0.3, -0.25) is 14.4 Å². The van der Waals surface area contributed by atoms with Crippen LogP contribution in [0.25, 0.3) is 0 Å². The van der Waals surface area contributed by atoms with Gasteiger partial charge in [0.15, 0.2) is 5.69 Å². The van der Waals surface area contributed by atoms with Gasteiger partial charge in [-0.2, -0.15) is 18.3 Å². The highest BCUT2D eigenvalue weighted by Crippen LogP contribution is 2.47. The van der Waals surface area contributed by atoms with Crippen LogP contribution in [0.3, 0.4) is 0 Å². The molecular weight excluding hydrogens is 436 g/mol. The van der Waals surface area contributed by atoms with E-state index in [-0.39, 0.29) is 17.6 Å². The Bertz CT molecular complexity index is 948. The van der Waals surface area contributed by atoms with E-state index in [0.29, 0.717) is 38.4 Å². The van der Waals surface area contributed by atoms with Crippen molar-refractivity contribution in [3.8, 4) is 0 Å². The van der Waals surface area contributed by atoms with E-state index in [1.807, 2.05) is 0 Å². The average molecular weight is 459 g/mol. The van der Waals surface area contributed by atoms with Crippen LogP contribution in [0.2, 0.25) is 5.02 Å². The quantitative estimate of drug-likeness (QED) is 0.620. The van der Waals surface area contributed by atoms with E-state index in [0.717, 1.165) is 18.4 Å². The summed E-state index contributed by atoms with van der Waals surface area (Å²) in [6.07, 6.45) is -3.18. The number of carbonyl (C=O) groups excluding carboxylic acids is 1. The minimum absolute atomic E-state index is 0.0843. The molecule has 2 heterocycles. The second kappa shape index (κ2) is 8.43. The van der Waals surface area contributed by atoms with Crippen molar-refractivity contribution in [2.24, 2.45) is 0 Å². The van der Waals surface area contributed by atoms with E-state index in [4.69, 9.17) is 11.6 Å². The molecule has 2 aromatic rings. The van der Waals surface area contributed by atoms with Crippen LogP contribution in [0.5, 0.6) is 0 Å². The first-order chi connectivity index (χ1) is 14.6. The molecule has 168 valence electrons. The van der Waals surface area contributed by atoms with E-state index in [1.54, 1.807) is 24.0 Å². The van der Waals surface area contributed by atoms with Gasteiger partial charge in [-0.1, -0.05) is 23.7 Å². The Balaban J connectivity index is 1.43. The highest BCUT2D eigenvalue weighted by atomic mass is 35.5. The molecule has 5 nitrogen and oxygen atoms in total. The third-order valence-electron chi connectivity index (χ3n) is 5.85. The third-order valence-corrected chi connectivity index (χ3v) is 6.22. The maximum absolute atomic E-state index is 13.3. The third kappa shape index (κ3) is 4.72. The first kappa shape index (κ1) is 22.1. The summed E-state index contributed by atoms with van der Waals surface area (Å²) in [6, 6.07) is 5.42. The van der Waals surface area contributed by atoms with Crippen molar-refractivity contribution in [1.29, 1.82) is 0 Å². The minimum Gasteiger partial charge on any atom is -0.338 e. The van der Waals surface area contributed by atoms with Gasteiger partial charge in [0.25, 0.3) is 0 Å². The van der Waals surface area contributed by atoms with Crippen molar-refractivity contribution in [2.75, 3.05) is 26.2 Å². The van der Waals surface area contributed by atoms with Crippen molar-refractivity contribution >= 4 is 17.5 Å². The molecule has 1 saturated carbocycles. The van der Waals surface area contributed by atoms with E-state index in [9.17, 15) is 22.4 Å². The maximum atomic E-state index is 13.3. The number of hydrogen-bond acceptors (Lipinski definition) is 3. The van der Waals surface area contributed by atoms with Gasteiger partial charge in [-0.05, 0) is 37.5 Å². The molecule has 10 heteroatoms. The summed E-state index contributed by atoms with van der Waals surface area (Å²) < 4.78 is 54.2. The molecule has 2 fully saturated rings. The zero-order valence-corrected chi connectivity index (χ0v) is 17.8. The molecule has 0 spiro atoms. The summed E-state index contributed by atoms with van der Waals surface area (Å²) in [6.45, 7) is 4.39. The van der Waals surface area contributed by atoms with Gasteiger partial charge in [-0.15, -0.1) is 0 Å². The summed E-state index contributed by atoms with van der Waals surface area (Å²) in [5, 5.41) is 3.32. The molecule has 1 aromatic carbocycles. The van der Waals surface area contributed by atoms with Gasteiger partial charge in [0.1, 0.15) is 11.9 Å². The number of rotatable bonds is 5. The fourth-order valence-electron chi connectivity index (χ4n) is 3.97. The second-order valence-corrected chi connectivity index (χ2v) is 8.55. The average Bonchev–Trinajstić information content (AvgIpc) is 3.50. The molecule has 1 amide bonds. The molecule has 0 N–H and O–H groups in total. The number of piperazine rings is 1. The molecule has 1 aliphatic carbocycles. The summed E-state index contributed by atoms with van der Waals surface area (Å²) >= 11 is 6.03. The fourth-order valence-corrected chi connectivity index (χ4v) is 4.36. The Hall–Kier alpha value is -2.13. The predicted molar refractivity (Wildman–Crippen MR) is 107 cm³/mol. The molecule has 0 bridgehead atoms. The van der Waals surface area contributed by atoms with Crippen LogP contribution in [0.4, 0.5) is 17.6 Å². The number of benzene rings is 1. The Morgan fingerprint density at radius 1 is 1.16 bits per heavy atom. The van der Waals surface area contributed by atoms with E-state index >= 15 is 0 Å². The van der Waals surface area contributed by atoms with Gasteiger partial charge >= 0.3 is 6.18 Å². The lowest BCUT2D eigenvalue weighted by atomic mass is 10.1. The Morgan fingerprint density at radius 2 is 1.77 bits per heavy atom. The lowest BCUT2D eigenvalue weighted by molar-refractivity contribution is -0.142. The van der Waals surface area contributed by atoms with Crippen LogP contribution in [-0.4, -0.2) is 51.7 Å². The Labute approximate surface area is 182 Å². The molecule has 1 unspecified atom stereocenters. The highest BCUT2D eigenvalue weighted by Gasteiger charge is 2.43. The number of carbonyl (C=O) groups is 1. The van der Waals surface area contributed by atoms with Gasteiger partial charge < -0.3 is 4.90 Å². The first-order valence-electron chi connectivity index (χ1n) is 10.3. The topological polar surface area (TPSA) is 41.4 Å². The summed E-state index contributed by atoms with van der Waals surface area (Å²) in [4.78, 5) is 16.9. The van der Waals surface area contributed by atoms with E-state index in [1.165, 1.54) is 16.8 Å². The van der Waals surface area contributed by atoms with Crippen molar-refractivity contribution < 1.29 is 22.4 Å². The molecule has 31 heavy (non-hydrogen) atoms. The lowest BCUT2D eigenvalue weighted by Crippen LogP contribution is -2.50. The van der Waals surface area contributed by atoms with Crippen LogP contribution in [0, 0.1) is 5.82 Å². The predicted octanol–water partition coefficient (Wildman–Crippen LogP) is 4.48. The lowest BCUT2D eigenvalue weighted by Gasteiger charge is -2.36. The molecule has 1 aliphatic heterocycles. The van der Waals surface area contributed by atoms with Crippen molar-refractivity contribution in [2.45, 2.75) is 44.4 Å². The second-order valence-electron chi connectivity index (χ2n) is 8.17. The number of alkyl halides is 3. The van der Waals surface area contributed by atoms with Gasteiger partial charge in [-0.25, -0.2) is 4.39 Å². The van der Waals surface area contributed by atoms with Crippen molar-refractivity contribution in [1.82, 2.24) is 19.6 Å². The fraction of sp³-hybridized carbons (Fsp3) is 0.524. The molecule has 1 aromatic heterocycles. The zero-order chi connectivity index (χ0) is 22.3. The normalized spacial score (nSPS) is 19.0. The molecule has 1 saturated heterocycles. The zero-order valence-electron chi connectivity index (χ0n) is 17.0. The maximum Gasteiger partial charge on any atom is 0.436 e. The van der Waals surface area contributed by atoms with E-state index in [2.05, 4.69) is 10.00 Å². The monoisotopic (exact) mass is 458 g/mol. The molecule has 4 rings (SSSR count). The molecule has 0 radical (unpaired) electrons. The van der Waals surface area contributed by atoms with Crippen LogP contribution < -0.4 is 0 Å². The largest absolute Gasteiger partial charge is 0.436 e. The van der Waals surface area contributed by atoms with Crippen molar-refractivity contribution in [3.05, 3.63) is 52.1 Å². The summed E-state index contributed by atoms with van der Waals surface area (Å²) in [5.74, 6) is -0.638. The SMILES string of the molecule is CC(C(=O)N1CCN(Cc2ccc(F)cc2)CC1)n1nc(C(F)(F)F)c(Cl)c1C1CC1. The van der Waals surface area contributed by atoms with Gasteiger partial charge in [0.2, 0.25) is 5.91 Å². The summed E-state index contributed by atoms with van der Waals surface area (Å²) in [5.41, 5.74) is 0.166. The van der Waals surface area contributed by atoms with Crippen LogP contribution in [-0.2, 0) is 17.5 Å². The van der Waals surface area contributed by atoms with Crippen LogP contribution in [0.15, 0.2) is 24.3 Å². The van der Waals surface area contributed by atoms with Crippen LogP contribution in [0.1, 0.15) is 48.7 Å².